The smallest absolute Gasteiger partial charge is 0.337 e. The molecule has 0 aliphatic carbocycles. The van der Waals surface area contributed by atoms with Crippen LogP contribution in [0.5, 0.6) is 34.9 Å². The number of aliphatic hydroxyl groups excluding tert-OH is 2. The van der Waals surface area contributed by atoms with Crippen LogP contribution in [-0.2, 0) is 27.3 Å². The molecule has 13 aromatic rings. The number of aliphatic carboxylic acids is 1. The fourth-order valence-electron chi connectivity index (χ4n) is 15.0. The molecule has 13 rings (SSSR count). The molecular formula is C110H121I2N7O27. The fraction of sp³-hybridized carbons (Fsp3) is 0.273. The standard InChI is InChI=1S/2C24H20O9.2C14H17IN2O3.C14H22.C10H14N2.C10H11NO3/c1-13-5-21(24-19(28)9-23(31-12-25)33-22(24)6-13)30-11-15(26)10-29-16-3-4-20-17(8-16)18(27)7-14(2)32-20;1-13-6-20(24-17(28)9-22(31-12-25)33-21(24)7-13)30-11-15(26)10-29-18-4-3-5-19-23(18)16(27)8-14(2)32-19;1-6(2)17-12-8(4)9(14(19)20)7(3)10(11(12)15)13(18)16-5;1-6(2)17-12-8(4)9(13(18)16-5)7(3)10(11(12)15)14(19)20;1-11(2)9-13(4)10-14-7-5-12(3)6-8-14;1-8-4-3-5-10(6-8)7-12-9(2)11;1-7-4-2-3-5-8(7)10(14)11-6-9(12)13/h2*3-9,12,15,26H,10-11H2,1-2H3;2*17H,1H2,2-5H3,(H,16,18)(H,19,20);5-8,11,13H,9-10H2,1-4H3;3-6,12H,2,7,11H2,1H3;2-5H,6H2,1H3,(H,11,14)(H,12,13). The van der Waals surface area contributed by atoms with Crippen molar-refractivity contribution in [2.24, 2.45) is 17.6 Å². The Morgan fingerprint density at radius 2 is 0.925 bits per heavy atom. The number of carbonyl (C=O) groups excluding carboxylic acids is 5. The van der Waals surface area contributed by atoms with Gasteiger partial charge >= 0.3 is 30.9 Å². The van der Waals surface area contributed by atoms with Crippen LogP contribution in [-0.4, -0.2) is 133 Å². The molecule has 13 N–H and O–H groups in total. The van der Waals surface area contributed by atoms with Crippen LogP contribution in [0.2, 0.25) is 0 Å². The van der Waals surface area contributed by atoms with E-state index in [1.807, 2.05) is 57.3 Å². The summed E-state index contributed by atoms with van der Waals surface area (Å²) in [4.78, 5) is 139. The number of carbonyl (C=O) groups is 8. The maximum Gasteiger partial charge on any atom is 0.337 e. The molecule has 4 heterocycles. The highest BCUT2D eigenvalue weighted by Crippen LogP contribution is 2.37. The summed E-state index contributed by atoms with van der Waals surface area (Å²) in [5.74, 6) is -0.360. The average molecular weight is 2230 g/mol. The Morgan fingerprint density at radius 1 is 0.452 bits per heavy atom. The number of anilines is 2. The number of nitrogens with two attached hydrogens (primary N) is 1. The summed E-state index contributed by atoms with van der Waals surface area (Å²) in [6.45, 7) is 41.4. The van der Waals surface area contributed by atoms with Crippen LogP contribution >= 0.6 is 45.2 Å². The third-order valence-electron chi connectivity index (χ3n) is 21.4. The number of fused-ring (bicyclic) bond motifs is 4. The van der Waals surface area contributed by atoms with Crippen molar-refractivity contribution < 1.29 is 110 Å². The lowest BCUT2D eigenvalue weighted by atomic mass is 9.92. The van der Waals surface area contributed by atoms with Gasteiger partial charge in [-0.15, -0.1) is 0 Å². The number of allylic oxidation sites excluding steroid dienone is 2. The molecule has 0 aliphatic heterocycles. The molecule has 0 spiro atoms. The van der Waals surface area contributed by atoms with Crippen molar-refractivity contribution in [1.82, 2.24) is 21.3 Å². The van der Waals surface area contributed by atoms with E-state index in [0.29, 0.717) is 108 Å². The number of nitrogens with one attached hydrogen (secondary N) is 6. The number of carboxylic acids is 3. The predicted octanol–water partition coefficient (Wildman–Crippen LogP) is 18.1. The third kappa shape index (κ3) is 34.4. The Hall–Kier alpha value is -15.4. The van der Waals surface area contributed by atoms with Crippen molar-refractivity contribution in [1.29, 1.82) is 0 Å². The van der Waals surface area contributed by atoms with E-state index in [9.17, 15) is 78.0 Å². The molecule has 4 aromatic heterocycles. The monoisotopic (exact) mass is 2230 g/mol. The van der Waals surface area contributed by atoms with Crippen molar-refractivity contribution >= 4 is 149 Å². The number of ether oxygens (including phenoxy) is 6. The van der Waals surface area contributed by atoms with Gasteiger partial charge in [0.15, 0.2) is 21.7 Å². The number of hydrogen-bond acceptors (Lipinski definition) is 28. The number of carboxylic acid groups (broad SMARTS) is 3. The van der Waals surface area contributed by atoms with E-state index in [1.165, 1.54) is 61.3 Å². The van der Waals surface area contributed by atoms with Crippen LogP contribution in [0.15, 0.2) is 232 Å². The molecule has 772 valence electrons. The molecule has 0 aliphatic rings. The van der Waals surface area contributed by atoms with Crippen molar-refractivity contribution in [2.75, 3.05) is 57.7 Å². The van der Waals surface area contributed by atoms with E-state index < -0.39 is 41.0 Å². The van der Waals surface area contributed by atoms with Gasteiger partial charge in [0.05, 0.1) is 55.0 Å². The number of hydrogen-bond donors (Lipinski definition) is 12. The molecule has 3 unspecified atom stereocenters. The van der Waals surface area contributed by atoms with Gasteiger partial charge in [0.2, 0.25) is 0 Å². The van der Waals surface area contributed by atoms with E-state index in [0.717, 1.165) is 47.2 Å². The second kappa shape index (κ2) is 56.0. The molecule has 0 fully saturated rings. The van der Waals surface area contributed by atoms with E-state index >= 15 is 0 Å². The lowest BCUT2D eigenvalue weighted by Crippen LogP contribution is -2.29. The highest BCUT2D eigenvalue weighted by molar-refractivity contribution is 14.1. The molecule has 9 aromatic carbocycles. The number of aromatic carboxylic acids is 2. The molecule has 0 saturated heterocycles. The lowest BCUT2D eigenvalue weighted by molar-refractivity contribution is -0.135. The van der Waals surface area contributed by atoms with Crippen LogP contribution in [0, 0.1) is 95.1 Å². The van der Waals surface area contributed by atoms with Crippen LogP contribution in [0.3, 0.4) is 0 Å². The van der Waals surface area contributed by atoms with Gasteiger partial charge in [-0.3, -0.25) is 47.9 Å². The van der Waals surface area contributed by atoms with Gasteiger partial charge in [-0.2, -0.15) is 0 Å². The van der Waals surface area contributed by atoms with Crippen LogP contribution in [0.1, 0.15) is 166 Å². The molecule has 3 atom stereocenters. The molecule has 0 saturated carbocycles. The zero-order chi connectivity index (χ0) is 108. The Morgan fingerprint density at radius 3 is 1.42 bits per heavy atom. The quantitative estimate of drug-likeness (QED) is 0.0132. The number of amides is 3. The number of halogens is 2. The van der Waals surface area contributed by atoms with Gasteiger partial charge in [-0.05, 0) is 271 Å². The zero-order valence-corrected chi connectivity index (χ0v) is 88.6. The van der Waals surface area contributed by atoms with Gasteiger partial charge in [-0.25, -0.2) is 9.59 Å². The summed E-state index contributed by atoms with van der Waals surface area (Å²) in [5.41, 5.74) is 19.2. The highest BCUT2D eigenvalue weighted by atomic mass is 127. The number of aryl methyl sites for hydroxylation is 7. The summed E-state index contributed by atoms with van der Waals surface area (Å²) >= 11 is 4.02. The maximum atomic E-state index is 12.5. The Labute approximate surface area is 870 Å². The molecular weight excluding hydrogens is 2110 g/mol. The number of rotatable bonds is 34. The minimum Gasteiger partial charge on any atom is -0.491 e. The number of aliphatic hydroxyl groups is 2. The fourth-order valence-corrected chi connectivity index (χ4v) is 17.4. The largest absolute Gasteiger partial charge is 0.491 e. The van der Waals surface area contributed by atoms with E-state index in [1.54, 1.807) is 155 Å². The van der Waals surface area contributed by atoms with E-state index in [-0.39, 0.29) is 142 Å². The van der Waals surface area contributed by atoms with Crippen LogP contribution < -0.4 is 87.8 Å². The Kier molecular flexibility index (Phi) is 45.1. The summed E-state index contributed by atoms with van der Waals surface area (Å²) in [6, 6.07) is 45.3. The maximum absolute atomic E-state index is 12.5. The van der Waals surface area contributed by atoms with Crippen molar-refractivity contribution in [3.63, 3.8) is 0 Å². The summed E-state index contributed by atoms with van der Waals surface area (Å²) in [6.07, 6.45) is 0.445. The van der Waals surface area contributed by atoms with Gasteiger partial charge in [0.1, 0.15) is 118 Å². The summed E-state index contributed by atoms with van der Waals surface area (Å²) in [7, 11) is 3.04. The third-order valence-corrected chi connectivity index (χ3v) is 23.6. The topological polar surface area (TPSA) is 512 Å². The van der Waals surface area contributed by atoms with Crippen molar-refractivity contribution in [3.05, 3.63) is 343 Å². The minimum atomic E-state index is -1.07. The van der Waals surface area contributed by atoms with Gasteiger partial charge in [0.25, 0.3) is 29.6 Å². The van der Waals surface area contributed by atoms with E-state index in [4.69, 9.17) is 47.5 Å². The first-order valence-corrected chi connectivity index (χ1v) is 47.7. The summed E-state index contributed by atoms with van der Waals surface area (Å²) < 4.78 is 55.0. The Balaban J connectivity index is 0.000000239. The van der Waals surface area contributed by atoms with Crippen molar-refractivity contribution in [3.8, 4) is 34.9 Å². The first kappa shape index (κ1) is 118. The van der Waals surface area contributed by atoms with E-state index in [2.05, 4.69) is 138 Å². The summed E-state index contributed by atoms with van der Waals surface area (Å²) in [5, 5.41) is 65.2. The Bertz CT molecular complexity index is 7140. The van der Waals surface area contributed by atoms with Gasteiger partial charge in [0, 0.05) is 58.9 Å². The molecule has 0 radical (unpaired) electrons. The number of benzene rings is 9. The predicted molar refractivity (Wildman–Crippen MR) is 577 cm³/mol. The van der Waals surface area contributed by atoms with Crippen molar-refractivity contribution in [2.45, 2.75) is 142 Å². The highest BCUT2D eigenvalue weighted by Gasteiger charge is 2.29. The second-order valence-electron chi connectivity index (χ2n) is 34.5. The molecule has 3 amide bonds. The zero-order valence-electron chi connectivity index (χ0n) is 84.3. The second-order valence-corrected chi connectivity index (χ2v) is 36.6. The molecule has 146 heavy (non-hydrogen) atoms. The minimum absolute atomic E-state index is 0.113. The normalized spacial score (nSPS) is 11.1. The van der Waals surface area contributed by atoms with Gasteiger partial charge in [-0.1, -0.05) is 124 Å². The molecule has 34 nitrogen and oxygen atoms in total. The molecule has 36 heteroatoms. The average Bonchev–Trinajstić information content (AvgIpc) is 0.764. The first-order valence-electron chi connectivity index (χ1n) is 45.6. The lowest BCUT2D eigenvalue weighted by Gasteiger charge is -2.19. The first-order chi connectivity index (χ1) is 69.0. The van der Waals surface area contributed by atoms with Crippen LogP contribution in [0.4, 0.5) is 11.4 Å². The van der Waals surface area contributed by atoms with Gasteiger partial charge < -0.3 is 109 Å². The van der Waals surface area contributed by atoms with Crippen LogP contribution in [0.25, 0.3) is 43.9 Å². The SMILES string of the molecule is C=C(C)Nc1c(C)c(C(=O)NC)c(C)c(C(=O)O)c1I.C=C(C)Nc1c(C)c(C(=O)O)c(C)c(C(=O)NC)c1I.C=C(N)NCc1cccc(C)c1.Cc1cc(OCC(O)COc2ccc3oc(C)cc(=O)c3c2)c2c(=O)cc(OC=O)oc2c1.Cc1cc(OCC(O)COc2cccc3oc(C)cc(=O)c23)c2c(=O)cc(OC=O)oc2c1.Cc1ccc(CC(C)CC(C)C)cc1.Cc1ccccc1C(=O)NCC(=O)O. The molecule has 0 bridgehead atoms.